The van der Waals surface area contributed by atoms with E-state index >= 15 is 0 Å². The van der Waals surface area contributed by atoms with Crippen molar-refractivity contribution < 1.29 is 32.2 Å². The highest BCUT2D eigenvalue weighted by molar-refractivity contribution is 5.76. The molecule has 36 heavy (non-hydrogen) atoms. The normalized spacial score (nSPS) is 15.9. The molecule has 2 aromatic rings. The highest BCUT2D eigenvalue weighted by atomic mass is 19.4. The molecule has 0 bridgehead atoms. The number of alkyl halides is 3. The van der Waals surface area contributed by atoms with Gasteiger partial charge in [-0.25, -0.2) is 9.78 Å². The molecule has 0 amide bonds. The Hall–Kier alpha value is -3.33. The van der Waals surface area contributed by atoms with Gasteiger partial charge in [-0.15, -0.1) is 0 Å². The summed E-state index contributed by atoms with van der Waals surface area (Å²) in [5.74, 6) is 0.409. The molecule has 6 nitrogen and oxygen atoms in total. The van der Waals surface area contributed by atoms with Crippen molar-refractivity contribution in [3.8, 4) is 5.75 Å². The van der Waals surface area contributed by atoms with Gasteiger partial charge in [0.15, 0.2) is 5.60 Å². The number of ether oxygens (including phenoxy) is 1. The van der Waals surface area contributed by atoms with E-state index in [0.29, 0.717) is 23.7 Å². The van der Waals surface area contributed by atoms with Gasteiger partial charge in [0, 0.05) is 19.2 Å². The quantitative estimate of drug-likeness (QED) is 0.451. The van der Waals surface area contributed by atoms with E-state index in [2.05, 4.69) is 9.88 Å². The first kappa shape index (κ1) is 27.3. The molecule has 9 heteroatoms. The first-order chi connectivity index (χ1) is 16.9. The van der Waals surface area contributed by atoms with Crippen molar-refractivity contribution in [2.45, 2.75) is 58.9 Å². The first-order valence-corrected chi connectivity index (χ1v) is 11.7. The van der Waals surface area contributed by atoms with Crippen LogP contribution >= 0.6 is 0 Å². The van der Waals surface area contributed by atoms with Crippen LogP contribution in [0.4, 0.5) is 13.2 Å². The summed E-state index contributed by atoms with van der Waals surface area (Å²) in [4.78, 5) is 17.9. The van der Waals surface area contributed by atoms with E-state index < -0.39 is 23.3 Å². The van der Waals surface area contributed by atoms with E-state index in [1.165, 1.54) is 44.6 Å². The fourth-order valence-electron chi connectivity index (χ4n) is 3.84. The van der Waals surface area contributed by atoms with Gasteiger partial charge in [0.25, 0.3) is 0 Å². The average Bonchev–Trinajstić information content (AvgIpc) is 3.00. The summed E-state index contributed by atoms with van der Waals surface area (Å²) >= 11 is 0. The second-order valence-corrected chi connectivity index (χ2v) is 9.16. The van der Waals surface area contributed by atoms with Crippen LogP contribution in [0.25, 0.3) is 6.08 Å². The monoisotopic (exact) mass is 504 g/mol. The highest BCUT2D eigenvalue weighted by Crippen LogP contribution is 2.28. The van der Waals surface area contributed by atoms with Crippen molar-refractivity contribution >= 4 is 12.0 Å². The number of aromatic nitrogens is 1. The molecule has 0 radical (unpaired) electrons. The highest BCUT2D eigenvalue weighted by Gasteiger charge is 2.31. The summed E-state index contributed by atoms with van der Waals surface area (Å²) < 4.78 is 50.5. The maximum atomic E-state index is 13.0. The van der Waals surface area contributed by atoms with Crippen molar-refractivity contribution in [1.29, 1.82) is 0 Å². The smallest absolute Gasteiger partial charge is 0.416 e. The molecule has 1 aromatic heterocycles. The Balaban J connectivity index is 1.66. The zero-order valence-electron chi connectivity index (χ0n) is 20.9. The molecule has 0 atom stereocenters. The van der Waals surface area contributed by atoms with Crippen molar-refractivity contribution in [2.24, 2.45) is 0 Å². The van der Waals surface area contributed by atoms with Crippen LogP contribution in [-0.4, -0.2) is 45.8 Å². The molecule has 0 saturated heterocycles. The van der Waals surface area contributed by atoms with Crippen LogP contribution in [0.3, 0.4) is 0 Å². The Morgan fingerprint density at radius 3 is 2.56 bits per heavy atom. The molecule has 0 saturated carbocycles. The number of hydrogen-bond acceptors (Lipinski definition) is 5. The molecule has 0 fully saturated rings. The topological polar surface area (TPSA) is 75.8 Å². The number of oxazole rings is 1. The molecule has 0 spiro atoms. The van der Waals surface area contributed by atoms with E-state index in [1.807, 2.05) is 19.1 Å². The molecule has 1 N–H and O–H groups in total. The maximum absolute atomic E-state index is 13.0. The Bertz CT molecular complexity index is 1180. The summed E-state index contributed by atoms with van der Waals surface area (Å²) in [6.45, 7) is 8.44. The predicted octanol–water partition coefficient (Wildman–Crippen LogP) is 5.90. The van der Waals surface area contributed by atoms with Gasteiger partial charge in [-0.3, -0.25) is 4.90 Å². The van der Waals surface area contributed by atoms with E-state index in [-0.39, 0.29) is 5.89 Å². The van der Waals surface area contributed by atoms with Gasteiger partial charge in [-0.05, 0) is 69.9 Å². The van der Waals surface area contributed by atoms with Gasteiger partial charge < -0.3 is 14.3 Å². The molecule has 1 aliphatic heterocycles. The minimum Gasteiger partial charge on any atom is -0.478 e. The number of fused-ring (bicyclic) bond motifs is 1. The van der Waals surface area contributed by atoms with Gasteiger partial charge in [0.1, 0.15) is 11.5 Å². The third-order valence-electron chi connectivity index (χ3n) is 5.93. The Labute approximate surface area is 208 Å². The molecule has 2 heterocycles. The fourth-order valence-corrected chi connectivity index (χ4v) is 3.84. The van der Waals surface area contributed by atoms with Gasteiger partial charge in [-0.2, -0.15) is 13.2 Å². The third kappa shape index (κ3) is 7.10. The summed E-state index contributed by atoms with van der Waals surface area (Å²) in [6, 6.07) is 5.68. The van der Waals surface area contributed by atoms with Gasteiger partial charge in [0.05, 0.1) is 17.8 Å². The van der Waals surface area contributed by atoms with E-state index in [1.54, 1.807) is 6.07 Å². The van der Waals surface area contributed by atoms with Crippen molar-refractivity contribution in [1.82, 2.24) is 9.88 Å². The van der Waals surface area contributed by atoms with Crippen LogP contribution in [0.15, 0.2) is 52.5 Å². The van der Waals surface area contributed by atoms with Crippen LogP contribution in [0.1, 0.15) is 49.2 Å². The lowest BCUT2D eigenvalue weighted by Gasteiger charge is -2.22. The number of carbonyl (C=O) groups is 1. The Morgan fingerprint density at radius 1 is 1.22 bits per heavy atom. The fraction of sp³-hybridized carbons (Fsp3) is 0.407. The standard InChI is InChI=1S/C27H31F3N2O4/c1-5-7-21(27(28,29)30)8-6-9-24-31-18(2)23(35-24)17-32-14-12-19-10-11-22(16-20(19)13-15-32)36-26(3,4)25(33)34/h5-11,16H,12-15,17H2,1-4H3,(H,33,34)/b7-5-,9-6+,21-8+. The number of halogens is 3. The lowest BCUT2D eigenvalue weighted by molar-refractivity contribution is -0.152. The zero-order valence-corrected chi connectivity index (χ0v) is 20.9. The predicted molar refractivity (Wildman–Crippen MR) is 131 cm³/mol. The van der Waals surface area contributed by atoms with Crippen molar-refractivity contribution in [3.05, 3.63) is 76.5 Å². The first-order valence-electron chi connectivity index (χ1n) is 11.7. The van der Waals surface area contributed by atoms with Crippen molar-refractivity contribution in [3.63, 3.8) is 0 Å². The van der Waals surface area contributed by atoms with E-state index in [9.17, 15) is 23.1 Å². The van der Waals surface area contributed by atoms with Crippen LogP contribution in [-0.2, 0) is 24.2 Å². The summed E-state index contributed by atoms with van der Waals surface area (Å²) in [5.41, 5.74) is 0.912. The summed E-state index contributed by atoms with van der Waals surface area (Å²) in [6.07, 6.45) is 3.18. The lowest BCUT2D eigenvalue weighted by Crippen LogP contribution is -2.37. The van der Waals surface area contributed by atoms with Crippen molar-refractivity contribution in [2.75, 3.05) is 13.1 Å². The second kappa shape index (κ2) is 11.2. The Kier molecular flexibility index (Phi) is 8.45. The summed E-state index contributed by atoms with van der Waals surface area (Å²) in [5, 5.41) is 9.31. The number of rotatable bonds is 8. The zero-order chi connectivity index (χ0) is 26.5. The van der Waals surface area contributed by atoms with Gasteiger partial charge in [0.2, 0.25) is 5.89 Å². The van der Waals surface area contributed by atoms with Crippen LogP contribution in [0.2, 0.25) is 0 Å². The number of benzene rings is 1. The molecule has 194 valence electrons. The molecule has 1 aromatic carbocycles. The minimum absolute atomic E-state index is 0.252. The molecule has 0 unspecified atom stereocenters. The molecule has 1 aliphatic rings. The maximum Gasteiger partial charge on any atom is 0.416 e. The number of allylic oxidation sites excluding steroid dienone is 5. The SMILES string of the molecule is C\C=C/C(=C\C=C\c1nc(C)c(CN2CCc3ccc(OC(C)(C)C(=O)O)cc3CC2)o1)C(F)(F)F. The van der Waals surface area contributed by atoms with Crippen LogP contribution in [0, 0.1) is 6.92 Å². The molecular weight excluding hydrogens is 473 g/mol. The van der Waals surface area contributed by atoms with Crippen LogP contribution < -0.4 is 4.74 Å². The minimum atomic E-state index is -4.43. The largest absolute Gasteiger partial charge is 0.478 e. The van der Waals surface area contributed by atoms with Gasteiger partial charge >= 0.3 is 12.1 Å². The average molecular weight is 505 g/mol. The molecular formula is C27H31F3N2O4. The molecule has 3 rings (SSSR count). The number of nitrogens with zero attached hydrogens (tertiary/aromatic N) is 2. The summed E-state index contributed by atoms with van der Waals surface area (Å²) in [7, 11) is 0. The lowest BCUT2D eigenvalue weighted by atomic mass is 10.0. The van der Waals surface area contributed by atoms with E-state index in [0.717, 1.165) is 43.6 Å². The number of aliphatic carboxylic acids is 1. The second-order valence-electron chi connectivity index (χ2n) is 9.16. The third-order valence-corrected chi connectivity index (χ3v) is 5.93. The van der Waals surface area contributed by atoms with Gasteiger partial charge in [-0.1, -0.05) is 24.3 Å². The number of hydrogen-bond donors (Lipinski definition) is 1. The number of carboxylic acids is 1. The molecule has 0 aliphatic carbocycles. The Morgan fingerprint density at radius 2 is 1.92 bits per heavy atom. The van der Waals surface area contributed by atoms with E-state index in [4.69, 9.17) is 9.15 Å². The number of carboxylic acid groups (broad SMARTS) is 1. The van der Waals surface area contributed by atoms with Crippen LogP contribution in [0.5, 0.6) is 5.75 Å². The number of aryl methyl sites for hydroxylation is 1.